The van der Waals surface area contributed by atoms with Gasteiger partial charge in [-0.3, -0.25) is 14.2 Å². The SMILES string of the molecule is Cc1cc2nc(C(F)(F)F)c(=O)n(CC(=O)N(C)c3ccccc3)c2cc1C. The number of amides is 1. The van der Waals surface area contributed by atoms with Gasteiger partial charge in [-0.05, 0) is 49.2 Å². The number of halogens is 3. The third-order valence-corrected chi connectivity index (χ3v) is 4.64. The molecule has 0 unspecified atom stereocenters. The Labute approximate surface area is 159 Å². The van der Waals surface area contributed by atoms with Crippen LogP contribution >= 0.6 is 0 Å². The second-order valence-electron chi connectivity index (χ2n) is 6.56. The van der Waals surface area contributed by atoms with Crippen molar-refractivity contribution in [2.24, 2.45) is 0 Å². The van der Waals surface area contributed by atoms with Gasteiger partial charge in [0.2, 0.25) is 11.6 Å². The monoisotopic (exact) mass is 389 g/mol. The lowest BCUT2D eigenvalue weighted by atomic mass is 10.1. The number of hydrogen-bond acceptors (Lipinski definition) is 3. The molecular weight excluding hydrogens is 371 g/mol. The molecule has 0 N–H and O–H groups in total. The Bertz CT molecular complexity index is 1110. The summed E-state index contributed by atoms with van der Waals surface area (Å²) in [5.41, 5.74) is -0.559. The Morgan fingerprint density at radius 3 is 2.32 bits per heavy atom. The van der Waals surface area contributed by atoms with Gasteiger partial charge in [-0.2, -0.15) is 13.2 Å². The summed E-state index contributed by atoms with van der Waals surface area (Å²) in [5.74, 6) is -0.521. The Kier molecular flexibility index (Phi) is 4.97. The van der Waals surface area contributed by atoms with Crippen LogP contribution in [0.1, 0.15) is 16.8 Å². The molecule has 146 valence electrons. The molecule has 28 heavy (non-hydrogen) atoms. The Morgan fingerprint density at radius 1 is 1.11 bits per heavy atom. The Hall–Kier alpha value is -3.16. The first kappa shape index (κ1) is 19.6. The van der Waals surface area contributed by atoms with Crippen molar-refractivity contribution < 1.29 is 18.0 Å². The molecule has 0 bridgehead atoms. The average Bonchev–Trinajstić information content (AvgIpc) is 2.64. The number of alkyl halides is 3. The lowest BCUT2D eigenvalue weighted by Crippen LogP contribution is -2.37. The quantitative estimate of drug-likeness (QED) is 0.687. The molecule has 0 saturated carbocycles. The lowest BCUT2D eigenvalue weighted by molar-refractivity contribution is -0.142. The summed E-state index contributed by atoms with van der Waals surface area (Å²) >= 11 is 0. The van der Waals surface area contributed by atoms with Crippen molar-refractivity contribution in [1.29, 1.82) is 0 Å². The predicted octanol–water partition coefficient (Wildman–Crippen LogP) is 3.70. The number of carbonyl (C=O) groups excluding carboxylic acids is 1. The topological polar surface area (TPSA) is 55.2 Å². The molecule has 0 atom stereocenters. The summed E-state index contributed by atoms with van der Waals surface area (Å²) in [5, 5.41) is 0. The summed E-state index contributed by atoms with van der Waals surface area (Å²) in [4.78, 5) is 30.1. The summed E-state index contributed by atoms with van der Waals surface area (Å²) in [6.45, 7) is 2.99. The summed E-state index contributed by atoms with van der Waals surface area (Å²) in [6.07, 6.45) is -4.92. The van der Waals surface area contributed by atoms with Crippen molar-refractivity contribution in [3.05, 3.63) is 69.6 Å². The molecule has 0 saturated heterocycles. The van der Waals surface area contributed by atoms with Crippen LogP contribution < -0.4 is 10.5 Å². The van der Waals surface area contributed by atoms with Crippen molar-refractivity contribution in [2.75, 3.05) is 11.9 Å². The molecule has 0 aliphatic rings. The van der Waals surface area contributed by atoms with Gasteiger partial charge in [0.1, 0.15) is 6.54 Å². The number of para-hydroxylation sites is 1. The van der Waals surface area contributed by atoms with Crippen molar-refractivity contribution in [2.45, 2.75) is 26.6 Å². The maximum absolute atomic E-state index is 13.3. The maximum atomic E-state index is 13.3. The number of benzene rings is 2. The lowest BCUT2D eigenvalue weighted by Gasteiger charge is -2.20. The van der Waals surface area contributed by atoms with E-state index in [1.54, 1.807) is 50.2 Å². The molecule has 1 amide bonds. The third kappa shape index (κ3) is 3.62. The standard InChI is InChI=1S/C20H18F3N3O2/c1-12-9-15-16(10-13(12)2)26(19(28)18(24-15)20(21,22)23)11-17(27)25(3)14-7-5-4-6-8-14/h4-10H,11H2,1-3H3. The largest absolute Gasteiger partial charge is 0.438 e. The van der Waals surface area contributed by atoms with Crippen molar-refractivity contribution in [1.82, 2.24) is 9.55 Å². The number of nitrogens with zero attached hydrogens (tertiary/aromatic N) is 3. The highest BCUT2D eigenvalue weighted by atomic mass is 19.4. The molecule has 0 fully saturated rings. The van der Waals surface area contributed by atoms with Crippen LogP contribution in [0.3, 0.4) is 0 Å². The number of hydrogen-bond donors (Lipinski definition) is 0. The zero-order valence-corrected chi connectivity index (χ0v) is 15.5. The highest BCUT2D eigenvalue weighted by Gasteiger charge is 2.37. The number of aryl methyl sites for hydroxylation is 2. The Morgan fingerprint density at radius 2 is 1.71 bits per heavy atom. The van der Waals surface area contributed by atoms with E-state index in [4.69, 9.17) is 0 Å². The Balaban J connectivity index is 2.15. The summed E-state index contributed by atoms with van der Waals surface area (Å²) in [7, 11) is 1.51. The van der Waals surface area contributed by atoms with Crippen molar-refractivity contribution in [3.8, 4) is 0 Å². The van der Waals surface area contributed by atoms with E-state index in [2.05, 4.69) is 4.98 Å². The van der Waals surface area contributed by atoms with Crippen LogP contribution in [0.25, 0.3) is 11.0 Å². The van der Waals surface area contributed by atoms with Crippen molar-refractivity contribution in [3.63, 3.8) is 0 Å². The first-order chi connectivity index (χ1) is 13.1. The third-order valence-electron chi connectivity index (χ3n) is 4.64. The molecule has 0 radical (unpaired) electrons. The second-order valence-corrected chi connectivity index (χ2v) is 6.56. The van der Waals surface area contributed by atoms with Gasteiger partial charge < -0.3 is 4.90 Å². The number of anilines is 1. The van der Waals surface area contributed by atoms with Gasteiger partial charge in [-0.25, -0.2) is 4.98 Å². The smallest absolute Gasteiger partial charge is 0.314 e. The summed E-state index contributed by atoms with van der Waals surface area (Å²) in [6, 6.07) is 11.7. The van der Waals surface area contributed by atoms with E-state index < -0.39 is 29.9 Å². The minimum atomic E-state index is -4.92. The van der Waals surface area contributed by atoms with Crippen LogP contribution in [0, 0.1) is 13.8 Å². The molecule has 1 heterocycles. The molecule has 3 rings (SSSR count). The number of aromatic nitrogens is 2. The zero-order valence-electron chi connectivity index (χ0n) is 15.5. The fraction of sp³-hybridized carbons (Fsp3) is 0.250. The van der Waals surface area contributed by atoms with Gasteiger partial charge in [0.25, 0.3) is 5.56 Å². The van der Waals surface area contributed by atoms with Gasteiger partial charge in [0.15, 0.2) is 0 Å². The van der Waals surface area contributed by atoms with Gasteiger partial charge in [-0.15, -0.1) is 0 Å². The van der Waals surface area contributed by atoms with E-state index in [0.717, 1.165) is 15.7 Å². The molecule has 0 spiro atoms. The van der Waals surface area contributed by atoms with E-state index in [-0.39, 0.29) is 11.0 Å². The number of carbonyl (C=O) groups is 1. The van der Waals surface area contributed by atoms with Gasteiger partial charge in [0.05, 0.1) is 11.0 Å². The summed E-state index contributed by atoms with van der Waals surface area (Å²) < 4.78 is 40.8. The van der Waals surface area contributed by atoms with E-state index in [0.29, 0.717) is 5.69 Å². The van der Waals surface area contributed by atoms with Crippen molar-refractivity contribution >= 4 is 22.6 Å². The van der Waals surface area contributed by atoms with E-state index >= 15 is 0 Å². The fourth-order valence-electron chi connectivity index (χ4n) is 2.88. The van der Waals surface area contributed by atoms with Gasteiger partial charge >= 0.3 is 6.18 Å². The van der Waals surface area contributed by atoms with E-state index in [9.17, 15) is 22.8 Å². The van der Waals surface area contributed by atoms with Crippen LogP contribution in [-0.4, -0.2) is 22.5 Å². The second kappa shape index (κ2) is 7.10. The molecule has 0 aliphatic heterocycles. The average molecular weight is 389 g/mol. The van der Waals surface area contributed by atoms with Gasteiger partial charge in [-0.1, -0.05) is 18.2 Å². The fourth-order valence-corrected chi connectivity index (χ4v) is 2.88. The molecule has 0 aliphatic carbocycles. The minimum Gasteiger partial charge on any atom is -0.314 e. The zero-order chi connectivity index (χ0) is 20.6. The normalized spacial score (nSPS) is 11.6. The van der Waals surface area contributed by atoms with Crippen LogP contribution in [0.2, 0.25) is 0 Å². The molecule has 8 heteroatoms. The van der Waals surface area contributed by atoms with Crippen LogP contribution in [0.5, 0.6) is 0 Å². The minimum absolute atomic E-state index is 0.0187. The first-order valence-electron chi connectivity index (χ1n) is 8.50. The molecule has 2 aromatic carbocycles. The number of rotatable bonds is 3. The number of likely N-dealkylation sites (N-methyl/N-ethyl adjacent to an activating group) is 1. The van der Waals surface area contributed by atoms with Gasteiger partial charge in [0, 0.05) is 12.7 Å². The van der Waals surface area contributed by atoms with E-state index in [1.165, 1.54) is 18.0 Å². The van der Waals surface area contributed by atoms with Crippen LogP contribution in [0.4, 0.5) is 18.9 Å². The molecular formula is C20H18F3N3O2. The number of fused-ring (bicyclic) bond motifs is 1. The predicted molar refractivity (Wildman–Crippen MR) is 100 cm³/mol. The van der Waals surface area contributed by atoms with E-state index in [1.807, 2.05) is 0 Å². The molecule has 5 nitrogen and oxygen atoms in total. The maximum Gasteiger partial charge on any atom is 0.438 e. The molecule has 3 aromatic rings. The van der Waals surface area contributed by atoms with Crippen LogP contribution in [-0.2, 0) is 17.5 Å². The van der Waals surface area contributed by atoms with Crippen LogP contribution in [0.15, 0.2) is 47.3 Å². The highest BCUT2D eigenvalue weighted by Crippen LogP contribution is 2.27. The highest BCUT2D eigenvalue weighted by molar-refractivity contribution is 5.93. The molecule has 1 aromatic heterocycles. The first-order valence-corrected chi connectivity index (χ1v) is 8.50.